The second-order valence-electron chi connectivity index (χ2n) is 11.4. The van der Waals surface area contributed by atoms with Gasteiger partial charge < -0.3 is 25.4 Å². The Morgan fingerprint density at radius 3 is 2.09 bits per heavy atom. The highest BCUT2D eigenvalue weighted by molar-refractivity contribution is 7.80. The maximum atomic E-state index is 14.0. The summed E-state index contributed by atoms with van der Waals surface area (Å²) in [7, 11) is 0. The lowest BCUT2D eigenvalue weighted by Crippen LogP contribution is -2.60. The minimum atomic E-state index is -1.03. The van der Waals surface area contributed by atoms with Crippen molar-refractivity contribution in [2.24, 2.45) is 0 Å². The summed E-state index contributed by atoms with van der Waals surface area (Å²) in [6.07, 6.45) is -0.198. The Balaban J connectivity index is 3.63. The molecule has 3 amide bonds. The number of nitrogens with zero attached hydrogens (tertiary/aromatic N) is 1. The predicted octanol–water partition coefficient (Wildman–Crippen LogP) is 4.50. The molecule has 9 heteroatoms. The number of carbonyl (C=O) groups excluding carboxylic acids is 3. The van der Waals surface area contributed by atoms with E-state index in [0.29, 0.717) is 17.5 Å². The van der Waals surface area contributed by atoms with E-state index >= 15 is 0 Å². The first kappa shape index (κ1) is 30.6. The van der Waals surface area contributed by atoms with Crippen molar-refractivity contribution >= 4 is 30.5 Å². The van der Waals surface area contributed by atoms with E-state index in [2.05, 4.69) is 23.3 Å². The number of phenolic OH excluding ortho intramolecular Hbond substituents is 1. The van der Waals surface area contributed by atoms with Crippen LogP contribution in [0.5, 0.6) is 5.75 Å². The second-order valence-corrected chi connectivity index (χ2v) is 11.8. The molecular weight excluding hydrogens is 466 g/mol. The average Bonchev–Trinajstić information content (AvgIpc) is 2.69. The van der Waals surface area contributed by atoms with Crippen LogP contribution in [0.3, 0.4) is 0 Å². The van der Waals surface area contributed by atoms with E-state index < -0.39 is 40.8 Å². The summed E-state index contributed by atoms with van der Waals surface area (Å²) in [5, 5.41) is 15.7. The van der Waals surface area contributed by atoms with E-state index in [-0.39, 0.29) is 17.4 Å². The number of hydrogen-bond acceptors (Lipinski definition) is 6. The summed E-state index contributed by atoms with van der Waals surface area (Å²) in [5.74, 6) is -0.724. The quantitative estimate of drug-likeness (QED) is 0.386. The van der Waals surface area contributed by atoms with Gasteiger partial charge in [-0.2, -0.15) is 12.6 Å². The van der Waals surface area contributed by atoms with E-state index in [1.807, 2.05) is 41.5 Å². The van der Waals surface area contributed by atoms with Gasteiger partial charge in [0.05, 0.1) is 0 Å². The van der Waals surface area contributed by atoms with Gasteiger partial charge in [-0.15, -0.1) is 0 Å². The van der Waals surface area contributed by atoms with Crippen LogP contribution in [0, 0.1) is 6.92 Å². The standard InChI is InChI=1S/C26H43N3O5S/c1-11-26(9,10)29(22(32)18(15-35)27-23(33)34-25(6,7)8)20(21(31)28-24(3,4)5)17-12-13-19(30)16(2)14-17/h12-14,18,20,30,35H,11,15H2,1-10H3,(H,27,33)(H,28,31). The maximum Gasteiger partial charge on any atom is 0.408 e. The molecule has 0 spiro atoms. The highest BCUT2D eigenvalue weighted by atomic mass is 32.1. The molecule has 0 radical (unpaired) electrons. The zero-order chi connectivity index (χ0) is 27.4. The smallest absolute Gasteiger partial charge is 0.408 e. The van der Waals surface area contributed by atoms with Crippen molar-refractivity contribution in [2.75, 3.05) is 5.75 Å². The van der Waals surface area contributed by atoms with Gasteiger partial charge in [0.25, 0.3) is 0 Å². The number of nitrogens with one attached hydrogen (secondary N) is 2. The van der Waals surface area contributed by atoms with Crippen LogP contribution >= 0.6 is 12.6 Å². The number of alkyl carbamates (subject to hydrolysis) is 1. The number of thiol groups is 1. The van der Waals surface area contributed by atoms with E-state index in [1.165, 1.54) is 11.0 Å². The van der Waals surface area contributed by atoms with Gasteiger partial charge in [-0.25, -0.2) is 4.79 Å². The Hall–Kier alpha value is -2.42. The van der Waals surface area contributed by atoms with Crippen LogP contribution < -0.4 is 10.6 Å². The number of rotatable bonds is 8. The van der Waals surface area contributed by atoms with Crippen molar-refractivity contribution in [3.8, 4) is 5.75 Å². The molecule has 0 saturated heterocycles. The molecule has 8 nitrogen and oxygen atoms in total. The first-order valence-electron chi connectivity index (χ1n) is 11.9. The molecule has 2 atom stereocenters. The molecule has 0 bridgehead atoms. The minimum Gasteiger partial charge on any atom is -0.508 e. The normalized spacial score (nSPS) is 14.0. The molecule has 198 valence electrons. The predicted molar refractivity (Wildman–Crippen MR) is 142 cm³/mol. The molecule has 1 aromatic rings. The number of aryl methyl sites for hydroxylation is 1. The van der Waals surface area contributed by atoms with Gasteiger partial charge >= 0.3 is 6.09 Å². The van der Waals surface area contributed by atoms with Crippen LogP contribution in [0.4, 0.5) is 4.79 Å². The zero-order valence-corrected chi connectivity index (χ0v) is 23.7. The van der Waals surface area contributed by atoms with Crippen molar-refractivity contribution in [1.82, 2.24) is 15.5 Å². The van der Waals surface area contributed by atoms with Crippen molar-refractivity contribution in [2.45, 2.75) is 104 Å². The van der Waals surface area contributed by atoms with Gasteiger partial charge in [0.1, 0.15) is 23.4 Å². The zero-order valence-electron chi connectivity index (χ0n) is 22.8. The molecule has 0 aromatic heterocycles. The monoisotopic (exact) mass is 509 g/mol. The molecule has 0 saturated carbocycles. The highest BCUT2D eigenvalue weighted by Gasteiger charge is 2.43. The van der Waals surface area contributed by atoms with Gasteiger partial charge in [0.2, 0.25) is 11.8 Å². The minimum absolute atomic E-state index is 0.0105. The average molecular weight is 510 g/mol. The molecule has 35 heavy (non-hydrogen) atoms. The highest BCUT2D eigenvalue weighted by Crippen LogP contribution is 2.34. The molecule has 0 aliphatic heterocycles. The summed E-state index contributed by atoms with van der Waals surface area (Å²) in [4.78, 5) is 41.7. The van der Waals surface area contributed by atoms with Crippen LogP contribution in [0.15, 0.2) is 18.2 Å². The van der Waals surface area contributed by atoms with Crippen molar-refractivity contribution < 1.29 is 24.2 Å². The summed E-state index contributed by atoms with van der Waals surface area (Å²) in [6.45, 7) is 18.2. The number of aromatic hydroxyl groups is 1. The van der Waals surface area contributed by atoms with Gasteiger partial charge in [-0.05, 0) is 92.0 Å². The van der Waals surface area contributed by atoms with Crippen LogP contribution in [0.2, 0.25) is 0 Å². The molecule has 0 heterocycles. The largest absolute Gasteiger partial charge is 0.508 e. The SMILES string of the molecule is CCC(C)(C)N(C(=O)C(CS)NC(=O)OC(C)(C)C)C(C(=O)NC(C)(C)C)c1ccc(O)c(C)c1. The van der Waals surface area contributed by atoms with Crippen LogP contribution in [0.25, 0.3) is 0 Å². The molecule has 0 aliphatic rings. The Kier molecular flexibility index (Phi) is 10.1. The Morgan fingerprint density at radius 2 is 1.66 bits per heavy atom. The lowest BCUT2D eigenvalue weighted by atomic mass is 9.91. The summed E-state index contributed by atoms with van der Waals surface area (Å²) in [6, 6.07) is 2.81. The first-order chi connectivity index (χ1) is 15.8. The van der Waals surface area contributed by atoms with Crippen molar-refractivity contribution in [3.05, 3.63) is 29.3 Å². The Morgan fingerprint density at radius 1 is 1.09 bits per heavy atom. The number of amides is 3. The maximum absolute atomic E-state index is 14.0. The summed E-state index contributed by atoms with van der Waals surface area (Å²) < 4.78 is 5.34. The molecular formula is C26H43N3O5S. The van der Waals surface area contributed by atoms with E-state index in [9.17, 15) is 19.5 Å². The third-order valence-corrected chi connectivity index (χ3v) is 5.83. The summed E-state index contributed by atoms with van der Waals surface area (Å²) >= 11 is 4.32. The lowest BCUT2D eigenvalue weighted by molar-refractivity contribution is -0.149. The molecule has 3 N–H and O–H groups in total. The first-order valence-corrected chi connectivity index (χ1v) is 12.5. The molecule has 1 aromatic carbocycles. The lowest BCUT2D eigenvalue weighted by Gasteiger charge is -2.45. The topological polar surface area (TPSA) is 108 Å². The number of hydrogen-bond donors (Lipinski definition) is 4. The number of phenols is 1. The van der Waals surface area contributed by atoms with Crippen molar-refractivity contribution in [1.29, 1.82) is 0 Å². The molecule has 2 unspecified atom stereocenters. The van der Waals surface area contributed by atoms with E-state index in [1.54, 1.807) is 39.8 Å². The van der Waals surface area contributed by atoms with E-state index in [0.717, 1.165) is 0 Å². The Labute approximate surface area is 215 Å². The fourth-order valence-corrected chi connectivity index (χ4v) is 3.70. The molecule has 0 fully saturated rings. The van der Waals surface area contributed by atoms with Crippen molar-refractivity contribution in [3.63, 3.8) is 0 Å². The molecule has 0 aliphatic carbocycles. The second kappa shape index (κ2) is 11.5. The fourth-order valence-electron chi connectivity index (χ4n) is 3.45. The van der Waals surface area contributed by atoms with Gasteiger partial charge in [0.15, 0.2) is 0 Å². The fraction of sp³-hybridized carbons (Fsp3) is 0.654. The number of benzene rings is 1. The van der Waals surface area contributed by atoms with E-state index in [4.69, 9.17) is 4.74 Å². The summed E-state index contributed by atoms with van der Waals surface area (Å²) in [5.41, 5.74) is -0.929. The Bertz CT molecular complexity index is 919. The third kappa shape index (κ3) is 8.94. The van der Waals surface area contributed by atoms with Gasteiger partial charge in [-0.1, -0.05) is 13.0 Å². The molecule has 1 rings (SSSR count). The third-order valence-electron chi connectivity index (χ3n) is 5.47. The van der Waals surface area contributed by atoms with Crippen LogP contribution in [0.1, 0.15) is 85.9 Å². The van der Waals surface area contributed by atoms with Gasteiger partial charge in [0, 0.05) is 16.8 Å². The van der Waals surface area contributed by atoms with Crippen LogP contribution in [-0.4, -0.2) is 56.4 Å². The number of carbonyl (C=O) groups is 3. The van der Waals surface area contributed by atoms with Gasteiger partial charge in [-0.3, -0.25) is 9.59 Å². The number of ether oxygens (including phenoxy) is 1. The van der Waals surface area contributed by atoms with Crippen LogP contribution in [-0.2, 0) is 14.3 Å².